The Kier molecular flexibility index (Phi) is 4.19. The summed E-state index contributed by atoms with van der Waals surface area (Å²) < 4.78 is 53.5. The van der Waals surface area contributed by atoms with Gasteiger partial charge in [-0.15, -0.1) is 0 Å². The van der Waals surface area contributed by atoms with Gasteiger partial charge in [0, 0.05) is 7.05 Å². The Balaban J connectivity index is 2.35. The number of nitrogens with two attached hydrogens (primary N) is 1. The van der Waals surface area contributed by atoms with E-state index >= 15 is 0 Å². The molecule has 1 aromatic heterocycles. The summed E-state index contributed by atoms with van der Waals surface area (Å²) in [4.78, 5) is -0.405. The molecule has 0 saturated heterocycles. The molecular formula is C12H14N2O5S2. The number of hydrogen-bond acceptors (Lipinski definition) is 5. The number of nitrogens with zero attached hydrogens (tertiary/aromatic N) is 1. The van der Waals surface area contributed by atoms with Gasteiger partial charge in [-0.1, -0.05) is 6.07 Å². The molecule has 21 heavy (non-hydrogen) atoms. The molecule has 2 aromatic rings. The smallest absolute Gasteiger partial charge is 0.243 e. The highest BCUT2D eigenvalue weighted by molar-refractivity contribution is 7.90. The van der Waals surface area contributed by atoms with E-state index in [1.165, 1.54) is 31.5 Å². The van der Waals surface area contributed by atoms with Gasteiger partial charge >= 0.3 is 0 Å². The molecule has 114 valence electrons. The molecule has 0 aliphatic carbocycles. The fourth-order valence-corrected chi connectivity index (χ4v) is 3.52. The second-order valence-corrected chi connectivity index (χ2v) is 7.97. The van der Waals surface area contributed by atoms with Crippen LogP contribution in [0.5, 0.6) is 0 Å². The van der Waals surface area contributed by atoms with Crippen LogP contribution in [0, 0.1) is 0 Å². The first kappa shape index (κ1) is 15.7. The average molecular weight is 330 g/mol. The fourth-order valence-electron chi connectivity index (χ4n) is 1.70. The number of sulfonamides is 2. The van der Waals surface area contributed by atoms with Crippen LogP contribution in [0.4, 0.5) is 0 Å². The number of hydrogen-bond donors (Lipinski definition) is 1. The Morgan fingerprint density at radius 1 is 1.10 bits per heavy atom. The van der Waals surface area contributed by atoms with E-state index in [9.17, 15) is 16.8 Å². The van der Waals surface area contributed by atoms with Crippen LogP contribution in [0.1, 0.15) is 5.76 Å². The van der Waals surface area contributed by atoms with Gasteiger partial charge in [-0.3, -0.25) is 0 Å². The van der Waals surface area contributed by atoms with Gasteiger partial charge < -0.3 is 4.42 Å². The summed E-state index contributed by atoms with van der Waals surface area (Å²) in [6, 6.07) is 8.20. The van der Waals surface area contributed by atoms with E-state index in [1.807, 2.05) is 0 Å². The predicted molar refractivity (Wildman–Crippen MR) is 75.2 cm³/mol. The van der Waals surface area contributed by atoms with Crippen molar-refractivity contribution in [3.05, 3.63) is 48.4 Å². The monoisotopic (exact) mass is 330 g/mol. The molecule has 0 aliphatic heterocycles. The predicted octanol–water partition coefficient (Wildman–Crippen LogP) is 0.748. The minimum Gasteiger partial charge on any atom is -0.468 e. The van der Waals surface area contributed by atoms with E-state index in [0.717, 1.165) is 10.4 Å². The molecule has 0 spiro atoms. The fraction of sp³-hybridized carbons (Fsp3) is 0.167. The molecule has 0 unspecified atom stereocenters. The largest absolute Gasteiger partial charge is 0.468 e. The second kappa shape index (κ2) is 5.60. The Morgan fingerprint density at radius 2 is 1.76 bits per heavy atom. The maximum absolute atomic E-state index is 12.4. The Labute approximate surface area is 123 Å². The summed E-state index contributed by atoms with van der Waals surface area (Å²) in [5.74, 6) is 0.476. The minimum absolute atomic E-state index is 0.0366. The lowest BCUT2D eigenvalue weighted by Gasteiger charge is -2.16. The SMILES string of the molecule is CN(Cc1ccco1)S(=O)(=O)c1cccc(S(N)(=O)=O)c1. The van der Waals surface area contributed by atoms with Crippen LogP contribution in [0.3, 0.4) is 0 Å². The molecule has 2 rings (SSSR count). The summed E-state index contributed by atoms with van der Waals surface area (Å²) in [5.41, 5.74) is 0. The Hall–Kier alpha value is -1.68. The molecule has 0 radical (unpaired) electrons. The minimum atomic E-state index is -3.96. The van der Waals surface area contributed by atoms with Crippen molar-refractivity contribution in [2.45, 2.75) is 16.3 Å². The third-order valence-electron chi connectivity index (χ3n) is 2.80. The molecule has 0 atom stereocenters. The lowest BCUT2D eigenvalue weighted by Crippen LogP contribution is -2.26. The normalized spacial score (nSPS) is 12.7. The molecule has 0 saturated carbocycles. The molecule has 0 fully saturated rings. The van der Waals surface area contributed by atoms with Gasteiger partial charge in [0.2, 0.25) is 20.0 Å². The van der Waals surface area contributed by atoms with Gasteiger partial charge in [0.25, 0.3) is 0 Å². The maximum Gasteiger partial charge on any atom is 0.243 e. The van der Waals surface area contributed by atoms with E-state index in [0.29, 0.717) is 5.76 Å². The molecular weight excluding hydrogens is 316 g/mol. The zero-order chi connectivity index (χ0) is 15.7. The summed E-state index contributed by atoms with van der Waals surface area (Å²) in [6.45, 7) is 0.0366. The van der Waals surface area contributed by atoms with Gasteiger partial charge in [0.05, 0.1) is 22.6 Å². The van der Waals surface area contributed by atoms with Crippen LogP contribution in [0.15, 0.2) is 56.9 Å². The van der Waals surface area contributed by atoms with Crippen molar-refractivity contribution in [2.75, 3.05) is 7.05 Å². The first-order valence-corrected chi connectivity index (χ1v) is 8.81. The van der Waals surface area contributed by atoms with Crippen molar-refractivity contribution in [1.29, 1.82) is 0 Å². The third kappa shape index (κ3) is 3.50. The molecule has 1 heterocycles. The first-order valence-electron chi connectivity index (χ1n) is 5.83. The molecule has 0 bridgehead atoms. The number of primary sulfonamides is 1. The highest BCUT2D eigenvalue weighted by Crippen LogP contribution is 2.19. The molecule has 0 amide bonds. The van der Waals surface area contributed by atoms with Crippen LogP contribution in [0.25, 0.3) is 0 Å². The van der Waals surface area contributed by atoms with Crippen LogP contribution in [-0.2, 0) is 26.6 Å². The highest BCUT2D eigenvalue weighted by Gasteiger charge is 2.23. The van der Waals surface area contributed by atoms with Gasteiger partial charge in [0.1, 0.15) is 5.76 Å². The molecule has 7 nitrogen and oxygen atoms in total. The van der Waals surface area contributed by atoms with Crippen molar-refractivity contribution >= 4 is 20.0 Å². The number of furan rings is 1. The highest BCUT2D eigenvalue weighted by atomic mass is 32.2. The van der Waals surface area contributed by atoms with Crippen molar-refractivity contribution in [2.24, 2.45) is 5.14 Å². The van der Waals surface area contributed by atoms with E-state index in [1.54, 1.807) is 12.1 Å². The first-order chi connectivity index (χ1) is 9.71. The summed E-state index contributed by atoms with van der Waals surface area (Å²) in [6.07, 6.45) is 1.44. The van der Waals surface area contributed by atoms with Gasteiger partial charge in [-0.2, -0.15) is 4.31 Å². The standard InChI is InChI=1S/C12H14N2O5S2/c1-14(9-10-4-3-7-19-10)21(17,18)12-6-2-5-11(8-12)20(13,15)16/h2-8H,9H2,1H3,(H2,13,15,16). The average Bonchev–Trinajstić information content (AvgIpc) is 2.90. The summed E-state index contributed by atoms with van der Waals surface area (Å²) in [7, 11) is -6.43. The lowest BCUT2D eigenvalue weighted by atomic mass is 10.4. The number of rotatable bonds is 5. The lowest BCUT2D eigenvalue weighted by molar-refractivity contribution is 0.406. The zero-order valence-electron chi connectivity index (χ0n) is 11.1. The van der Waals surface area contributed by atoms with E-state index in [4.69, 9.17) is 9.56 Å². The molecule has 2 N–H and O–H groups in total. The van der Waals surface area contributed by atoms with Crippen LogP contribution in [0.2, 0.25) is 0 Å². The van der Waals surface area contributed by atoms with E-state index < -0.39 is 20.0 Å². The van der Waals surface area contributed by atoms with E-state index in [2.05, 4.69) is 0 Å². The Bertz CT molecular complexity index is 826. The van der Waals surface area contributed by atoms with Crippen LogP contribution < -0.4 is 5.14 Å². The van der Waals surface area contributed by atoms with Gasteiger partial charge in [0.15, 0.2) is 0 Å². The zero-order valence-corrected chi connectivity index (χ0v) is 12.8. The Morgan fingerprint density at radius 3 is 2.33 bits per heavy atom. The van der Waals surface area contributed by atoms with Crippen molar-refractivity contribution < 1.29 is 21.3 Å². The second-order valence-electron chi connectivity index (χ2n) is 4.36. The van der Waals surface area contributed by atoms with Crippen molar-refractivity contribution in [3.8, 4) is 0 Å². The van der Waals surface area contributed by atoms with Crippen LogP contribution >= 0.6 is 0 Å². The van der Waals surface area contributed by atoms with E-state index in [-0.39, 0.29) is 16.3 Å². The molecule has 1 aromatic carbocycles. The van der Waals surface area contributed by atoms with Crippen molar-refractivity contribution in [1.82, 2.24) is 4.31 Å². The number of benzene rings is 1. The maximum atomic E-state index is 12.4. The van der Waals surface area contributed by atoms with Gasteiger partial charge in [-0.25, -0.2) is 22.0 Å². The third-order valence-corrected chi connectivity index (χ3v) is 5.51. The quantitative estimate of drug-likeness (QED) is 0.869. The topological polar surface area (TPSA) is 111 Å². The summed E-state index contributed by atoms with van der Waals surface area (Å²) in [5, 5.41) is 5.00. The van der Waals surface area contributed by atoms with Crippen molar-refractivity contribution in [3.63, 3.8) is 0 Å². The molecule has 9 heteroatoms. The van der Waals surface area contributed by atoms with Gasteiger partial charge in [-0.05, 0) is 30.3 Å². The van der Waals surface area contributed by atoms with Crippen LogP contribution in [-0.4, -0.2) is 28.2 Å². The summed E-state index contributed by atoms with van der Waals surface area (Å²) >= 11 is 0. The molecule has 0 aliphatic rings.